The summed E-state index contributed by atoms with van der Waals surface area (Å²) in [6, 6.07) is 0. The van der Waals surface area contributed by atoms with Gasteiger partial charge in [0.1, 0.15) is 4.32 Å². The van der Waals surface area contributed by atoms with Crippen LogP contribution < -0.4 is 5.84 Å². The van der Waals surface area contributed by atoms with Crippen molar-refractivity contribution in [3.63, 3.8) is 0 Å². The number of rotatable bonds is 4. The molecule has 0 saturated carbocycles. The Labute approximate surface area is 73.1 Å². The highest BCUT2D eigenvalue weighted by molar-refractivity contribution is 8.10. The van der Waals surface area contributed by atoms with E-state index in [9.17, 15) is 0 Å². The lowest BCUT2D eigenvalue weighted by atomic mass is 10.2. The van der Waals surface area contributed by atoms with E-state index in [0.29, 0.717) is 4.32 Å². The summed E-state index contributed by atoms with van der Waals surface area (Å²) in [5, 5.41) is 1.49. The molecule has 0 aromatic rings. The Morgan fingerprint density at radius 1 is 1.60 bits per heavy atom. The summed E-state index contributed by atoms with van der Waals surface area (Å²) in [6.45, 7) is 2.97. The van der Waals surface area contributed by atoms with Crippen molar-refractivity contribution in [3.8, 4) is 0 Å². The first kappa shape index (κ1) is 10.2. The molecular formula is C6H14N2S2. The molecule has 0 heterocycles. The molecule has 0 saturated heterocycles. The zero-order valence-corrected chi connectivity index (χ0v) is 7.92. The number of thiocarbonyl (C=S) groups is 1. The van der Waals surface area contributed by atoms with Crippen LogP contribution in [0.2, 0.25) is 0 Å². The molecule has 0 radical (unpaired) electrons. The van der Waals surface area contributed by atoms with Gasteiger partial charge in [0.2, 0.25) is 0 Å². The van der Waals surface area contributed by atoms with Crippen molar-refractivity contribution in [2.75, 3.05) is 6.54 Å². The maximum Gasteiger partial charge on any atom is 0.147 e. The fourth-order valence-electron chi connectivity index (χ4n) is 0.628. The van der Waals surface area contributed by atoms with Gasteiger partial charge < -0.3 is 0 Å². The molecule has 0 spiro atoms. The first-order valence-electron chi connectivity index (χ1n) is 3.43. The van der Waals surface area contributed by atoms with Crippen LogP contribution in [0.25, 0.3) is 0 Å². The second-order valence-corrected chi connectivity index (χ2v) is 3.30. The SMILES string of the molecule is CCCCCN(N)C(=S)S. The third kappa shape index (κ3) is 5.02. The first-order chi connectivity index (χ1) is 4.68. The van der Waals surface area contributed by atoms with Crippen molar-refractivity contribution in [1.29, 1.82) is 0 Å². The fourth-order valence-corrected chi connectivity index (χ4v) is 0.819. The molecule has 0 rings (SSSR count). The third-order valence-electron chi connectivity index (χ3n) is 1.25. The van der Waals surface area contributed by atoms with Crippen LogP contribution in [0.15, 0.2) is 0 Å². The molecule has 0 fully saturated rings. The molecule has 60 valence electrons. The van der Waals surface area contributed by atoms with E-state index >= 15 is 0 Å². The largest absolute Gasteiger partial charge is 0.296 e. The molecule has 0 aromatic carbocycles. The van der Waals surface area contributed by atoms with Gasteiger partial charge in [-0.1, -0.05) is 32.0 Å². The van der Waals surface area contributed by atoms with Crippen molar-refractivity contribution in [2.45, 2.75) is 26.2 Å². The Kier molecular flexibility index (Phi) is 6.06. The van der Waals surface area contributed by atoms with Crippen molar-refractivity contribution < 1.29 is 0 Å². The summed E-state index contributed by atoms with van der Waals surface area (Å²) in [5.74, 6) is 5.47. The molecule has 4 heteroatoms. The number of hydrazine groups is 1. The monoisotopic (exact) mass is 178 g/mol. The van der Waals surface area contributed by atoms with E-state index in [4.69, 9.17) is 18.1 Å². The van der Waals surface area contributed by atoms with Gasteiger partial charge in [0.05, 0.1) is 0 Å². The molecule has 10 heavy (non-hydrogen) atoms. The maximum atomic E-state index is 5.47. The number of nitrogens with two attached hydrogens (primary N) is 1. The Bertz CT molecular complexity index is 106. The third-order valence-corrected chi connectivity index (χ3v) is 1.74. The van der Waals surface area contributed by atoms with Crippen molar-refractivity contribution in [2.24, 2.45) is 5.84 Å². The second-order valence-electron chi connectivity index (χ2n) is 2.18. The van der Waals surface area contributed by atoms with Crippen molar-refractivity contribution in [3.05, 3.63) is 0 Å². The number of nitrogens with zero attached hydrogens (tertiary/aromatic N) is 1. The van der Waals surface area contributed by atoms with Gasteiger partial charge in [-0.2, -0.15) is 0 Å². The van der Waals surface area contributed by atoms with Gasteiger partial charge in [0.25, 0.3) is 0 Å². The summed E-state index contributed by atoms with van der Waals surface area (Å²) in [4.78, 5) is 0. The lowest BCUT2D eigenvalue weighted by molar-refractivity contribution is 0.435. The van der Waals surface area contributed by atoms with Crippen LogP contribution in [-0.2, 0) is 0 Å². The summed E-state index contributed by atoms with van der Waals surface area (Å²) >= 11 is 8.66. The second kappa shape index (κ2) is 5.95. The van der Waals surface area contributed by atoms with E-state index in [-0.39, 0.29) is 0 Å². The highest BCUT2D eigenvalue weighted by Crippen LogP contribution is 1.97. The molecular weight excluding hydrogens is 164 g/mol. The number of hydrogen-bond donors (Lipinski definition) is 2. The highest BCUT2D eigenvalue weighted by Gasteiger charge is 1.97. The minimum Gasteiger partial charge on any atom is -0.296 e. The molecule has 0 aliphatic heterocycles. The fraction of sp³-hybridized carbons (Fsp3) is 0.833. The average molecular weight is 178 g/mol. The van der Waals surface area contributed by atoms with Crippen LogP contribution in [0, 0.1) is 0 Å². The minimum absolute atomic E-state index is 0.469. The lowest BCUT2D eigenvalue weighted by Crippen LogP contribution is -2.33. The van der Waals surface area contributed by atoms with E-state index in [1.165, 1.54) is 17.9 Å². The van der Waals surface area contributed by atoms with Crippen molar-refractivity contribution >= 4 is 29.2 Å². The van der Waals surface area contributed by atoms with Gasteiger partial charge in [0, 0.05) is 6.54 Å². The first-order valence-corrected chi connectivity index (χ1v) is 4.29. The standard InChI is InChI=1S/C6H14N2S2/c1-2-3-4-5-8(7)6(9)10/h2-5,7H2,1H3,(H,9,10). The average Bonchev–Trinajstić information content (AvgIpc) is 1.88. The Hall–Kier alpha value is 0.200. The van der Waals surface area contributed by atoms with Gasteiger partial charge in [-0.25, -0.2) is 5.84 Å². The van der Waals surface area contributed by atoms with Crippen LogP contribution in [0.5, 0.6) is 0 Å². The predicted octanol–water partition coefficient (Wildman–Crippen LogP) is 1.57. The van der Waals surface area contributed by atoms with E-state index in [2.05, 4.69) is 19.6 Å². The molecule has 2 N–H and O–H groups in total. The van der Waals surface area contributed by atoms with Crippen molar-refractivity contribution in [1.82, 2.24) is 5.01 Å². The zero-order chi connectivity index (χ0) is 7.98. The Morgan fingerprint density at radius 2 is 2.20 bits per heavy atom. The number of thiol groups is 1. The number of unbranched alkanes of at least 4 members (excludes halogenated alkanes) is 2. The van der Waals surface area contributed by atoms with Crippen LogP contribution in [0.1, 0.15) is 26.2 Å². The molecule has 0 atom stereocenters. The molecule has 0 aromatic heterocycles. The molecule has 0 bridgehead atoms. The van der Waals surface area contributed by atoms with E-state index in [1.54, 1.807) is 0 Å². The molecule has 0 aliphatic rings. The Balaban J connectivity index is 3.21. The quantitative estimate of drug-likeness (QED) is 0.225. The zero-order valence-electron chi connectivity index (χ0n) is 6.21. The normalized spacial score (nSPS) is 9.50. The maximum absolute atomic E-state index is 5.47. The van der Waals surface area contributed by atoms with Gasteiger partial charge in [-0.15, -0.1) is 12.6 Å². The van der Waals surface area contributed by atoms with Crippen LogP contribution in [-0.4, -0.2) is 15.9 Å². The smallest absolute Gasteiger partial charge is 0.147 e. The van der Waals surface area contributed by atoms with E-state index in [1.807, 2.05) is 0 Å². The minimum atomic E-state index is 0.469. The highest BCUT2D eigenvalue weighted by atomic mass is 32.1. The predicted molar refractivity (Wildman–Crippen MR) is 52.0 cm³/mol. The van der Waals surface area contributed by atoms with E-state index in [0.717, 1.165) is 13.0 Å². The van der Waals surface area contributed by atoms with Gasteiger partial charge in [-0.3, -0.25) is 5.01 Å². The van der Waals surface area contributed by atoms with Crippen LogP contribution in [0.3, 0.4) is 0 Å². The summed E-state index contributed by atoms with van der Waals surface area (Å²) < 4.78 is 0.469. The van der Waals surface area contributed by atoms with Gasteiger partial charge in [0.15, 0.2) is 0 Å². The topological polar surface area (TPSA) is 29.3 Å². The molecule has 0 aliphatic carbocycles. The van der Waals surface area contributed by atoms with Crippen LogP contribution in [0.4, 0.5) is 0 Å². The molecule has 2 nitrogen and oxygen atoms in total. The summed E-state index contributed by atoms with van der Waals surface area (Å²) in [7, 11) is 0. The summed E-state index contributed by atoms with van der Waals surface area (Å²) in [6.07, 6.45) is 3.49. The molecule has 0 unspecified atom stereocenters. The lowest BCUT2D eigenvalue weighted by Gasteiger charge is -2.14. The number of hydrogen-bond acceptors (Lipinski definition) is 2. The van der Waals surface area contributed by atoms with E-state index < -0.39 is 0 Å². The summed E-state index contributed by atoms with van der Waals surface area (Å²) in [5.41, 5.74) is 0. The van der Waals surface area contributed by atoms with Crippen LogP contribution >= 0.6 is 24.8 Å². The molecule has 0 amide bonds. The Morgan fingerprint density at radius 3 is 2.60 bits per heavy atom. The van der Waals surface area contributed by atoms with Gasteiger partial charge in [-0.05, 0) is 6.42 Å². The van der Waals surface area contributed by atoms with Gasteiger partial charge >= 0.3 is 0 Å².